The third-order valence-corrected chi connectivity index (χ3v) is 5.22. The van der Waals surface area contributed by atoms with Crippen molar-refractivity contribution in [1.82, 2.24) is 0 Å². The van der Waals surface area contributed by atoms with Gasteiger partial charge in [0, 0.05) is 5.60 Å². The molecule has 0 aromatic rings. The van der Waals surface area contributed by atoms with Gasteiger partial charge >= 0.3 is 0 Å². The highest BCUT2D eigenvalue weighted by molar-refractivity contribution is 6.51. The first-order chi connectivity index (χ1) is 5.49. The van der Waals surface area contributed by atoms with Gasteiger partial charge in [-0.05, 0) is 32.9 Å². The van der Waals surface area contributed by atoms with Crippen LogP contribution < -0.4 is 0 Å². The fourth-order valence-electron chi connectivity index (χ4n) is 1.41. The maximum atomic E-state index is 6.06. The van der Waals surface area contributed by atoms with E-state index < -0.39 is 9.04 Å². The van der Waals surface area contributed by atoms with E-state index in [2.05, 4.69) is 34.6 Å². The Morgan fingerprint density at radius 3 is 1.67 bits per heavy atom. The average molecular weight is 188 g/mol. The van der Waals surface area contributed by atoms with Crippen molar-refractivity contribution in [2.45, 2.75) is 65.1 Å². The quantitative estimate of drug-likeness (QED) is 0.601. The molecule has 0 spiro atoms. The SMILES string of the molecule is CCC[SiH](CCC)OC(C)(C)C. The summed E-state index contributed by atoms with van der Waals surface area (Å²) in [7, 11) is -0.859. The van der Waals surface area contributed by atoms with Crippen LogP contribution in [0.2, 0.25) is 12.1 Å². The summed E-state index contributed by atoms with van der Waals surface area (Å²) in [5, 5.41) is 0. The third kappa shape index (κ3) is 6.86. The van der Waals surface area contributed by atoms with Crippen LogP contribution in [0, 0.1) is 0 Å². The summed E-state index contributed by atoms with van der Waals surface area (Å²) in [4.78, 5) is 0. The minimum atomic E-state index is -0.859. The van der Waals surface area contributed by atoms with Crippen LogP contribution in [0.1, 0.15) is 47.5 Å². The summed E-state index contributed by atoms with van der Waals surface area (Å²) >= 11 is 0. The lowest BCUT2D eigenvalue weighted by Gasteiger charge is -2.26. The largest absolute Gasteiger partial charge is 0.415 e. The lowest BCUT2D eigenvalue weighted by molar-refractivity contribution is 0.127. The lowest BCUT2D eigenvalue weighted by atomic mass is 10.2. The zero-order valence-corrected chi connectivity index (χ0v) is 10.5. The summed E-state index contributed by atoms with van der Waals surface area (Å²) < 4.78 is 6.06. The standard InChI is InChI=1S/C10H24OSi/c1-6-8-12(9-7-2)11-10(3,4)5/h12H,6-9H2,1-5H3. The van der Waals surface area contributed by atoms with E-state index in [-0.39, 0.29) is 5.60 Å². The maximum Gasteiger partial charge on any atom is 0.177 e. The zero-order chi connectivity index (χ0) is 9.61. The van der Waals surface area contributed by atoms with E-state index in [0.29, 0.717) is 0 Å². The van der Waals surface area contributed by atoms with Gasteiger partial charge in [-0.15, -0.1) is 0 Å². The van der Waals surface area contributed by atoms with E-state index in [1.165, 1.54) is 24.9 Å². The van der Waals surface area contributed by atoms with E-state index in [9.17, 15) is 0 Å². The first kappa shape index (κ1) is 12.2. The van der Waals surface area contributed by atoms with Gasteiger partial charge in [0.1, 0.15) is 0 Å². The van der Waals surface area contributed by atoms with E-state index in [4.69, 9.17) is 4.43 Å². The molecule has 0 fully saturated rings. The molecule has 74 valence electrons. The molecule has 0 bridgehead atoms. The zero-order valence-electron chi connectivity index (χ0n) is 9.31. The Morgan fingerprint density at radius 1 is 1.00 bits per heavy atom. The highest BCUT2D eigenvalue weighted by atomic mass is 28.3. The Morgan fingerprint density at radius 2 is 1.42 bits per heavy atom. The molecule has 1 nitrogen and oxygen atoms in total. The van der Waals surface area contributed by atoms with Gasteiger partial charge in [-0.2, -0.15) is 0 Å². The minimum absolute atomic E-state index is 0.0846. The highest BCUT2D eigenvalue weighted by Crippen LogP contribution is 2.16. The third-order valence-electron chi connectivity index (χ3n) is 1.74. The molecule has 0 aliphatic carbocycles. The fraction of sp³-hybridized carbons (Fsp3) is 1.00. The Kier molecular flexibility index (Phi) is 5.84. The van der Waals surface area contributed by atoms with Gasteiger partial charge in [-0.3, -0.25) is 0 Å². The van der Waals surface area contributed by atoms with Gasteiger partial charge in [0.2, 0.25) is 0 Å². The van der Waals surface area contributed by atoms with Crippen LogP contribution in [0.4, 0.5) is 0 Å². The maximum absolute atomic E-state index is 6.06. The average Bonchev–Trinajstić information content (AvgIpc) is 1.84. The molecule has 0 saturated heterocycles. The van der Waals surface area contributed by atoms with Crippen molar-refractivity contribution in [3.05, 3.63) is 0 Å². The smallest absolute Gasteiger partial charge is 0.177 e. The van der Waals surface area contributed by atoms with Crippen molar-refractivity contribution in [3.63, 3.8) is 0 Å². The van der Waals surface area contributed by atoms with Crippen molar-refractivity contribution < 1.29 is 4.43 Å². The summed E-state index contributed by atoms with van der Waals surface area (Å²) in [5.74, 6) is 0. The predicted octanol–water partition coefficient (Wildman–Crippen LogP) is 3.35. The molecule has 0 atom stereocenters. The van der Waals surface area contributed by atoms with Gasteiger partial charge in [-0.1, -0.05) is 26.7 Å². The number of hydrogen-bond donors (Lipinski definition) is 0. The molecule has 2 heteroatoms. The molecule has 0 heterocycles. The van der Waals surface area contributed by atoms with Crippen LogP contribution in [0.5, 0.6) is 0 Å². The molecule has 0 aliphatic rings. The van der Waals surface area contributed by atoms with Crippen molar-refractivity contribution in [2.75, 3.05) is 0 Å². The second kappa shape index (κ2) is 5.76. The Balaban J connectivity index is 3.77. The first-order valence-corrected chi connectivity index (χ1v) is 7.27. The summed E-state index contributed by atoms with van der Waals surface area (Å²) in [6.45, 7) is 11.0. The Bertz CT molecular complexity index is 101. The van der Waals surface area contributed by atoms with Crippen LogP contribution in [-0.4, -0.2) is 14.6 Å². The molecular weight excluding hydrogens is 164 g/mol. The van der Waals surface area contributed by atoms with E-state index in [1.54, 1.807) is 0 Å². The highest BCUT2D eigenvalue weighted by Gasteiger charge is 2.18. The van der Waals surface area contributed by atoms with E-state index in [0.717, 1.165) is 0 Å². The second-order valence-corrected chi connectivity index (χ2v) is 7.06. The van der Waals surface area contributed by atoms with Gasteiger partial charge in [0.25, 0.3) is 0 Å². The minimum Gasteiger partial charge on any atom is -0.415 e. The summed E-state index contributed by atoms with van der Waals surface area (Å²) in [5.41, 5.74) is 0.0846. The predicted molar refractivity (Wildman–Crippen MR) is 58.2 cm³/mol. The lowest BCUT2D eigenvalue weighted by Crippen LogP contribution is -2.30. The van der Waals surface area contributed by atoms with Crippen molar-refractivity contribution in [1.29, 1.82) is 0 Å². The normalized spacial score (nSPS) is 12.5. The monoisotopic (exact) mass is 188 g/mol. The molecule has 0 aromatic heterocycles. The van der Waals surface area contributed by atoms with Gasteiger partial charge < -0.3 is 4.43 Å². The van der Waals surface area contributed by atoms with Crippen LogP contribution in [-0.2, 0) is 4.43 Å². The van der Waals surface area contributed by atoms with Crippen molar-refractivity contribution >= 4 is 9.04 Å². The topological polar surface area (TPSA) is 9.23 Å². The molecule has 0 amide bonds. The van der Waals surface area contributed by atoms with Gasteiger partial charge in [-0.25, -0.2) is 0 Å². The second-order valence-electron chi connectivity index (χ2n) is 4.43. The van der Waals surface area contributed by atoms with Crippen LogP contribution in [0.15, 0.2) is 0 Å². The molecule has 0 rings (SSSR count). The number of hydrogen-bond acceptors (Lipinski definition) is 1. The Labute approximate surface area is 79.2 Å². The van der Waals surface area contributed by atoms with E-state index >= 15 is 0 Å². The molecule has 12 heavy (non-hydrogen) atoms. The van der Waals surface area contributed by atoms with Crippen LogP contribution in [0.3, 0.4) is 0 Å². The molecule has 0 aromatic carbocycles. The van der Waals surface area contributed by atoms with Gasteiger partial charge in [0.05, 0.1) is 0 Å². The molecule has 0 N–H and O–H groups in total. The first-order valence-electron chi connectivity index (χ1n) is 5.17. The molecule has 0 unspecified atom stereocenters. The van der Waals surface area contributed by atoms with Gasteiger partial charge in [0.15, 0.2) is 9.04 Å². The van der Waals surface area contributed by atoms with E-state index in [1.807, 2.05) is 0 Å². The van der Waals surface area contributed by atoms with Crippen LogP contribution >= 0.6 is 0 Å². The van der Waals surface area contributed by atoms with Crippen molar-refractivity contribution in [3.8, 4) is 0 Å². The molecule has 0 aliphatic heterocycles. The number of rotatable bonds is 5. The summed E-state index contributed by atoms with van der Waals surface area (Å²) in [6, 6.07) is 2.68. The summed E-state index contributed by atoms with van der Waals surface area (Å²) in [6.07, 6.45) is 2.57. The fourth-order valence-corrected chi connectivity index (χ4v) is 4.22. The van der Waals surface area contributed by atoms with Crippen molar-refractivity contribution in [2.24, 2.45) is 0 Å². The molecule has 0 radical (unpaired) electrons. The van der Waals surface area contributed by atoms with Crippen LogP contribution in [0.25, 0.3) is 0 Å². The molecule has 0 saturated carbocycles. The molecular formula is C10H24OSi. The Hall–Kier alpha value is 0.177.